The maximum atomic E-state index is 11.8. The molecule has 0 heterocycles. The van der Waals surface area contributed by atoms with E-state index in [1.807, 2.05) is 13.8 Å². The molecule has 0 bridgehead atoms. The van der Waals surface area contributed by atoms with Crippen LogP contribution in [0.3, 0.4) is 0 Å². The summed E-state index contributed by atoms with van der Waals surface area (Å²) in [6.07, 6.45) is 0.552. The van der Waals surface area contributed by atoms with Gasteiger partial charge in [-0.1, -0.05) is 25.4 Å². The lowest BCUT2D eigenvalue weighted by atomic mass is 10.2. The van der Waals surface area contributed by atoms with Crippen molar-refractivity contribution in [2.45, 2.75) is 20.3 Å². The largest absolute Gasteiger partial charge is 0.478 e. The van der Waals surface area contributed by atoms with Gasteiger partial charge in [-0.25, -0.2) is 13.2 Å². The second-order valence-electron chi connectivity index (χ2n) is 4.60. The van der Waals surface area contributed by atoms with Crippen LogP contribution >= 0.6 is 11.6 Å². The second-order valence-corrected chi connectivity index (χ2v) is 6.85. The third-order valence-electron chi connectivity index (χ3n) is 2.44. The number of aromatic carboxylic acids is 1. The molecule has 0 atom stereocenters. The monoisotopic (exact) mass is 305 g/mol. The zero-order chi connectivity index (χ0) is 14.6. The first-order valence-electron chi connectivity index (χ1n) is 5.74. The Kier molecular flexibility index (Phi) is 5.20. The first kappa shape index (κ1) is 15.8. The van der Waals surface area contributed by atoms with Crippen molar-refractivity contribution < 1.29 is 18.3 Å². The van der Waals surface area contributed by atoms with Crippen LogP contribution in [-0.4, -0.2) is 25.2 Å². The number of hydrogen-bond donors (Lipinski definition) is 2. The van der Waals surface area contributed by atoms with E-state index < -0.39 is 16.0 Å². The van der Waals surface area contributed by atoms with E-state index in [1.165, 1.54) is 18.2 Å². The molecule has 0 saturated carbocycles. The fourth-order valence-electron chi connectivity index (χ4n) is 1.37. The van der Waals surface area contributed by atoms with Crippen molar-refractivity contribution in [3.8, 4) is 0 Å². The molecule has 0 aliphatic rings. The topological polar surface area (TPSA) is 83.5 Å². The van der Waals surface area contributed by atoms with E-state index in [-0.39, 0.29) is 27.9 Å². The van der Waals surface area contributed by atoms with E-state index in [4.69, 9.17) is 16.7 Å². The Bertz CT molecular complexity index is 569. The van der Waals surface area contributed by atoms with Crippen molar-refractivity contribution in [1.82, 2.24) is 0 Å². The lowest BCUT2D eigenvalue weighted by Gasteiger charge is -2.10. The van der Waals surface area contributed by atoms with Crippen LogP contribution in [-0.2, 0) is 10.0 Å². The van der Waals surface area contributed by atoms with Gasteiger partial charge in [0.15, 0.2) is 0 Å². The molecule has 0 aliphatic heterocycles. The molecule has 0 radical (unpaired) electrons. The Morgan fingerprint density at radius 3 is 2.53 bits per heavy atom. The summed E-state index contributed by atoms with van der Waals surface area (Å²) in [5.74, 6) is -0.850. The van der Waals surface area contributed by atoms with E-state index in [1.54, 1.807) is 0 Å². The van der Waals surface area contributed by atoms with Crippen LogP contribution in [0.2, 0.25) is 5.02 Å². The van der Waals surface area contributed by atoms with E-state index >= 15 is 0 Å². The summed E-state index contributed by atoms with van der Waals surface area (Å²) in [6, 6.07) is 3.94. The fraction of sp³-hybridized carbons (Fsp3) is 0.417. The first-order chi connectivity index (χ1) is 8.71. The zero-order valence-electron chi connectivity index (χ0n) is 10.7. The molecule has 0 amide bonds. The lowest BCUT2D eigenvalue weighted by Crippen LogP contribution is -2.18. The third kappa shape index (κ3) is 5.08. The smallest absolute Gasteiger partial charge is 0.337 e. The Balaban J connectivity index is 2.83. The van der Waals surface area contributed by atoms with Crippen molar-refractivity contribution in [1.29, 1.82) is 0 Å². The molecule has 0 unspecified atom stereocenters. The second kappa shape index (κ2) is 6.25. The van der Waals surface area contributed by atoms with Crippen LogP contribution < -0.4 is 4.72 Å². The van der Waals surface area contributed by atoms with Crippen LogP contribution in [0.25, 0.3) is 0 Å². The molecule has 0 saturated heterocycles. The van der Waals surface area contributed by atoms with Gasteiger partial charge >= 0.3 is 5.97 Å². The average molecular weight is 306 g/mol. The molecule has 7 heteroatoms. The number of carboxylic acids is 1. The molecule has 0 fully saturated rings. The van der Waals surface area contributed by atoms with Gasteiger partial charge in [-0.05, 0) is 30.5 Å². The number of rotatable bonds is 6. The van der Waals surface area contributed by atoms with Crippen molar-refractivity contribution in [2.24, 2.45) is 5.92 Å². The summed E-state index contributed by atoms with van der Waals surface area (Å²) >= 11 is 5.77. The minimum absolute atomic E-state index is 0.00319. The Hall–Kier alpha value is -1.27. The first-order valence-corrected chi connectivity index (χ1v) is 7.77. The minimum atomic E-state index is -3.44. The van der Waals surface area contributed by atoms with Crippen molar-refractivity contribution in [2.75, 3.05) is 10.5 Å². The maximum absolute atomic E-state index is 11.8. The predicted octanol–water partition coefficient (Wildman–Crippen LogP) is 2.83. The number of nitrogens with one attached hydrogen (secondary N) is 1. The van der Waals surface area contributed by atoms with E-state index in [2.05, 4.69) is 4.72 Å². The lowest BCUT2D eigenvalue weighted by molar-refractivity contribution is 0.0697. The number of anilines is 1. The van der Waals surface area contributed by atoms with Crippen LogP contribution in [0.1, 0.15) is 30.6 Å². The van der Waals surface area contributed by atoms with Crippen molar-refractivity contribution >= 4 is 33.3 Å². The van der Waals surface area contributed by atoms with Gasteiger partial charge in [0.2, 0.25) is 10.0 Å². The van der Waals surface area contributed by atoms with Crippen molar-refractivity contribution in [3.63, 3.8) is 0 Å². The molecule has 1 aromatic carbocycles. The van der Waals surface area contributed by atoms with Gasteiger partial charge in [-0.2, -0.15) is 0 Å². The summed E-state index contributed by atoms with van der Waals surface area (Å²) < 4.78 is 25.9. The molecular weight excluding hydrogens is 290 g/mol. The highest BCUT2D eigenvalue weighted by atomic mass is 35.5. The van der Waals surface area contributed by atoms with E-state index in [0.717, 1.165) is 0 Å². The SMILES string of the molecule is CC(C)CCS(=O)(=O)Nc1ccc(C(=O)O)c(Cl)c1. The maximum Gasteiger partial charge on any atom is 0.337 e. The average Bonchev–Trinajstić information content (AvgIpc) is 2.25. The highest BCUT2D eigenvalue weighted by Gasteiger charge is 2.14. The third-order valence-corrected chi connectivity index (χ3v) is 4.07. The van der Waals surface area contributed by atoms with E-state index in [9.17, 15) is 13.2 Å². The summed E-state index contributed by atoms with van der Waals surface area (Å²) in [6.45, 7) is 3.88. The number of carbonyl (C=O) groups is 1. The molecule has 0 spiro atoms. The van der Waals surface area contributed by atoms with E-state index in [0.29, 0.717) is 6.42 Å². The summed E-state index contributed by atoms with van der Waals surface area (Å²) in [7, 11) is -3.44. The Morgan fingerprint density at radius 1 is 1.42 bits per heavy atom. The van der Waals surface area contributed by atoms with Crippen LogP contribution in [0.5, 0.6) is 0 Å². The molecule has 2 N–H and O–H groups in total. The molecule has 5 nitrogen and oxygen atoms in total. The van der Waals surface area contributed by atoms with Gasteiger partial charge in [0.1, 0.15) is 0 Å². The fourth-order valence-corrected chi connectivity index (χ4v) is 3.00. The molecule has 1 aromatic rings. The van der Waals surface area contributed by atoms with Crippen LogP contribution in [0, 0.1) is 5.92 Å². The van der Waals surface area contributed by atoms with Gasteiger partial charge in [0.05, 0.1) is 16.3 Å². The zero-order valence-corrected chi connectivity index (χ0v) is 12.3. The number of benzene rings is 1. The van der Waals surface area contributed by atoms with Crippen molar-refractivity contribution in [3.05, 3.63) is 28.8 Å². The highest BCUT2D eigenvalue weighted by Crippen LogP contribution is 2.22. The Labute approximate surface area is 117 Å². The van der Waals surface area contributed by atoms with Gasteiger partial charge < -0.3 is 5.11 Å². The van der Waals surface area contributed by atoms with Gasteiger partial charge in [-0.3, -0.25) is 4.72 Å². The Morgan fingerprint density at radius 2 is 2.05 bits per heavy atom. The normalized spacial score (nSPS) is 11.6. The standard InChI is InChI=1S/C12H16ClNO4S/c1-8(2)5-6-19(17,18)14-9-3-4-10(12(15)16)11(13)7-9/h3-4,7-8,14H,5-6H2,1-2H3,(H,15,16). The number of hydrogen-bond acceptors (Lipinski definition) is 3. The highest BCUT2D eigenvalue weighted by molar-refractivity contribution is 7.92. The number of halogens is 1. The molecule has 0 aliphatic carbocycles. The summed E-state index contributed by atoms with van der Waals surface area (Å²) in [5, 5.41) is 8.81. The van der Waals surface area contributed by atoms with Gasteiger partial charge in [-0.15, -0.1) is 0 Å². The number of carboxylic acid groups (broad SMARTS) is 1. The molecular formula is C12H16ClNO4S. The quantitative estimate of drug-likeness (QED) is 0.846. The number of sulfonamides is 1. The summed E-state index contributed by atoms with van der Waals surface area (Å²) in [5.41, 5.74) is 0.200. The molecule has 1 rings (SSSR count). The van der Waals surface area contributed by atoms with Crippen LogP contribution in [0.4, 0.5) is 5.69 Å². The van der Waals surface area contributed by atoms with Gasteiger partial charge in [0.25, 0.3) is 0 Å². The summed E-state index contributed by atoms with van der Waals surface area (Å²) in [4.78, 5) is 10.8. The predicted molar refractivity (Wildman–Crippen MR) is 75.3 cm³/mol. The minimum Gasteiger partial charge on any atom is -0.478 e. The van der Waals surface area contributed by atoms with Crippen LogP contribution in [0.15, 0.2) is 18.2 Å². The molecule has 106 valence electrons. The molecule has 19 heavy (non-hydrogen) atoms. The van der Waals surface area contributed by atoms with Gasteiger partial charge in [0, 0.05) is 5.69 Å². The molecule has 0 aromatic heterocycles.